The van der Waals surface area contributed by atoms with E-state index in [9.17, 15) is 0 Å². The molecule has 2 N–H and O–H groups in total. The van der Waals surface area contributed by atoms with Crippen LogP contribution >= 0.6 is 34.5 Å². The van der Waals surface area contributed by atoms with Gasteiger partial charge in [0, 0.05) is 37.6 Å². The summed E-state index contributed by atoms with van der Waals surface area (Å²) < 4.78 is 0. The molecule has 1 aromatic heterocycles. The lowest BCUT2D eigenvalue weighted by Crippen LogP contribution is -2.48. The zero-order valence-corrected chi connectivity index (χ0v) is 18.9. The molecule has 28 heavy (non-hydrogen) atoms. The summed E-state index contributed by atoms with van der Waals surface area (Å²) in [7, 11) is 1.81. The molecule has 0 atom stereocenters. The van der Waals surface area contributed by atoms with E-state index < -0.39 is 0 Å². The number of rotatable bonds is 5. The Morgan fingerprint density at radius 1 is 1.25 bits per heavy atom. The topological polar surface area (TPSA) is 52.6 Å². The van der Waals surface area contributed by atoms with Crippen LogP contribution < -0.4 is 10.6 Å². The van der Waals surface area contributed by atoms with Gasteiger partial charge in [0.15, 0.2) is 5.96 Å². The van der Waals surface area contributed by atoms with Crippen molar-refractivity contribution >= 4 is 40.5 Å². The van der Waals surface area contributed by atoms with Crippen molar-refractivity contribution in [3.63, 3.8) is 0 Å². The summed E-state index contributed by atoms with van der Waals surface area (Å²) in [5, 5.41) is 9.25. The number of nitrogens with one attached hydrogen (secondary N) is 2. The molecule has 0 bridgehead atoms. The van der Waals surface area contributed by atoms with Crippen LogP contribution in [0.5, 0.6) is 0 Å². The molecule has 2 aromatic rings. The minimum Gasteiger partial charge on any atom is -0.354 e. The van der Waals surface area contributed by atoms with Crippen molar-refractivity contribution < 1.29 is 0 Å². The number of hydrogen-bond donors (Lipinski definition) is 2. The maximum Gasteiger partial charge on any atom is 0.191 e. The van der Waals surface area contributed by atoms with Gasteiger partial charge in [-0.05, 0) is 44.4 Å². The van der Waals surface area contributed by atoms with Crippen LogP contribution in [0.15, 0.2) is 23.2 Å². The lowest BCUT2D eigenvalue weighted by molar-refractivity contribution is 0.198. The summed E-state index contributed by atoms with van der Waals surface area (Å²) in [4.78, 5) is 12.7. The highest BCUT2D eigenvalue weighted by Crippen LogP contribution is 2.24. The predicted molar refractivity (Wildman–Crippen MR) is 120 cm³/mol. The monoisotopic (exact) mass is 439 g/mol. The van der Waals surface area contributed by atoms with E-state index in [1.165, 1.54) is 10.4 Å². The van der Waals surface area contributed by atoms with Gasteiger partial charge in [0.05, 0.1) is 22.3 Å². The first-order chi connectivity index (χ1) is 13.4. The SMILES string of the molecule is CN=C(NCc1nc(C)c(C)s1)NC1CCN(Cc2ccc(Cl)c(Cl)c2)CC1. The van der Waals surface area contributed by atoms with Crippen molar-refractivity contribution in [2.45, 2.75) is 45.8 Å². The van der Waals surface area contributed by atoms with Crippen molar-refractivity contribution in [1.29, 1.82) is 0 Å². The van der Waals surface area contributed by atoms with Crippen molar-refractivity contribution in [1.82, 2.24) is 20.5 Å². The number of thiazole rings is 1. The minimum atomic E-state index is 0.427. The molecule has 0 amide bonds. The average molecular weight is 440 g/mol. The fourth-order valence-electron chi connectivity index (χ4n) is 3.29. The quantitative estimate of drug-likeness (QED) is 0.535. The molecule has 0 unspecified atom stereocenters. The van der Waals surface area contributed by atoms with E-state index in [0.29, 0.717) is 22.6 Å². The molecule has 8 heteroatoms. The van der Waals surface area contributed by atoms with E-state index in [-0.39, 0.29) is 0 Å². The van der Waals surface area contributed by atoms with Crippen LogP contribution in [0.2, 0.25) is 10.0 Å². The zero-order chi connectivity index (χ0) is 20.1. The number of halogens is 2. The van der Waals surface area contributed by atoms with Crippen molar-refractivity contribution in [2.24, 2.45) is 4.99 Å². The fraction of sp³-hybridized carbons (Fsp3) is 0.500. The molecule has 0 spiro atoms. The molecule has 0 aliphatic carbocycles. The lowest BCUT2D eigenvalue weighted by atomic mass is 10.0. The average Bonchev–Trinajstić information content (AvgIpc) is 3.01. The molecule has 5 nitrogen and oxygen atoms in total. The van der Waals surface area contributed by atoms with Gasteiger partial charge in [0.2, 0.25) is 0 Å². The van der Waals surface area contributed by atoms with Crippen molar-refractivity contribution in [3.8, 4) is 0 Å². The van der Waals surface area contributed by atoms with Crippen molar-refractivity contribution in [2.75, 3.05) is 20.1 Å². The number of aliphatic imine (C=N–C) groups is 1. The fourth-order valence-corrected chi connectivity index (χ4v) is 4.49. The Labute approximate surface area is 181 Å². The lowest BCUT2D eigenvalue weighted by Gasteiger charge is -2.33. The molecular formula is C20H27Cl2N5S. The van der Waals surface area contributed by atoms with Gasteiger partial charge >= 0.3 is 0 Å². The predicted octanol–water partition coefficient (Wildman–Crippen LogP) is 4.40. The molecule has 0 saturated carbocycles. The second-order valence-corrected chi connectivity index (χ2v) is 9.22. The molecule has 3 rings (SSSR count). The largest absolute Gasteiger partial charge is 0.354 e. The number of guanidine groups is 1. The molecular weight excluding hydrogens is 413 g/mol. The highest BCUT2D eigenvalue weighted by molar-refractivity contribution is 7.11. The van der Waals surface area contributed by atoms with Gasteiger partial charge < -0.3 is 10.6 Å². The first-order valence-corrected chi connectivity index (χ1v) is 11.1. The Morgan fingerprint density at radius 3 is 2.61 bits per heavy atom. The first kappa shape index (κ1) is 21.4. The van der Waals surface area contributed by atoms with Gasteiger partial charge in [0.1, 0.15) is 5.01 Å². The second kappa shape index (κ2) is 9.92. The first-order valence-electron chi connectivity index (χ1n) is 9.51. The summed E-state index contributed by atoms with van der Waals surface area (Å²) in [6.07, 6.45) is 2.16. The third-order valence-electron chi connectivity index (χ3n) is 5.02. The van der Waals surface area contributed by atoms with E-state index in [0.717, 1.165) is 49.1 Å². The van der Waals surface area contributed by atoms with Crippen LogP contribution in [-0.2, 0) is 13.1 Å². The van der Waals surface area contributed by atoms with E-state index >= 15 is 0 Å². The van der Waals surface area contributed by atoms with Crippen LogP contribution in [-0.4, -0.2) is 42.0 Å². The summed E-state index contributed by atoms with van der Waals surface area (Å²) in [5.41, 5.74) is 2.31. The number of likely N-dealkylation sites (tertiary alicyclic amines) is 1. The number of aromatic nitrogens is 1. The maximum atomic E-state index is 6.13. The highest BCUT2D eigenvalue weighted by Gasteiger charge is 2.20. The van der Waals surface area contributed by atoms with E-state index in [1.54, 1.807) is 11.3 Å². The van der Waals surface area contributed by atoms with E-state index in [4.69, 9.17) is 23.2 Å². The van der Waals surface area contributed by atoms with Crippen LogP contribution in [0, 0.1) is 13.8 Å². The van der Waals surface area contributed by atoms with Crippen LogP contribution in [0.25, 0.3) is 0 Å². The van der Waals surface area contributed by atoms with Gasteiger partial charge in [-0.3, -0.25) is 9.89 Å². The summed E-state index contributed by atoms with van der Waals surface area (Å²) in [6, 6.07) is 6.30. The van der Waals surface area contributed by atoms with E-state index in [1.807, 2.05) is 32.2 Å². The Bertz CT molecular complexity index is 808. The number of piperidine rings is 1. The third kappa shape index (κ3) is 5.83. The number of benzene rings is 1. The van der Waals surface area contributed by atoms with Crippen LogP contribution in [0.1, 0.15) is 34.0 Å². The third-order valence-corrected chi connectivity index (χ3v) is 6.83. The van der Waals surface area contributed by atoms with E-state index in [2.05, 4.69) is 32.4 Å². The molecule has 1 saturated heterocycles. The molecule has 1 aliphatic heterocycles. The highest BCUT2D eigenvalue weighted by atomic mass is 35.5. The van der Waals surface area contributed by atoms with Gasteiger partial charge in [-0.25, -0.2) is 4.98 Å². The minimum absolute atomic E-state index is 0.427. The van der Waals surface area contributed by atoms with Crippen LogP contribution in [0.3, 0.4) is 0 Å². The molecule has 2 heterocycles. The summed E-state index contributed by atoms with van der Waals surface area (Å²) in [6.45, 7) is 7.84. The Morgan fingerprint density at radius 2 is 2.00 bits per heavy atom. The zero-order valence-electron chi connectivity index (χ0n) is 16.6. The molecule has 0 radical (unpaired) electrons. The summed E-state index contributed by atoms with van der Waals surface area (Å²) >= 11 is 13.9. The van der Waals surface area contributed by atoms with Gasteiger partial charge in [0.25, 0.3) is 0 Å². The Balaban J connectivity index is 1.44. The van der Waals surface area contributed by atoms with Crippen LogP contribution in [0.4, 0.5) is 0 Å². The van der Waals surface area contributed by atoms with Gasteiger partial charge in [-0.15, -0.1) is 11.3 Å². The maximum absolute atomic E-state index is 6.13. The molecule has 152 valence electrons. The number of hydrogen-bond acceptors (Lipinski definition) is 4. The second-order valence-electron chi connectivity index (χ2n) is 7.12. The Kier molecular flexibility index (Phi) is 7.57. The molecule has 1 fully saturated rings. The molecule has 1 aromatic carbocycles. The molecule has 1 aliphatic rings. The van der Waals surface area contributed by atoms with Gasteiger partial charge in [-0.1, -0.05) is 29.3 Å². The number of aryl methyl sites for hydroxylation is 2. The number of nitrogens with zero attached hydrogens (tertiary/aromatic N) is 3. The standard InChI is InChI=1S/C20H27Cl2N5S/c1-13-14(2)28-19(25-13)11-24-20(23-3)26-16-6-8-27(9-7-16)12-15-4-5-17(21)18(22)10-15/h4-5,10,16H,6-9,11-12H2,1-3H3,(H2,23,24,26). The smallest absolute Gasteiger partial charge is 0.191 e. The normalized spacial score (nSPS) is 16.4. The Hall–Kier alpha value is -1.34. The van der Waals surface area contributed by atoms with Crippen molar-refractivity contribution in [3.05, 3.63) is 49.4 Å². The summed E-state index contributed by atoms with van der Waals surface area (Å²) in [5.74, 6) is 0.841. The van der Waals surface area contributed by atoms with Gasteiger partial charge in [-0.2, -0.15) is 0 Å².